The summed E-state index contributed by atoms with van der Waals surface area (Å²) in [6, 6.07) is 0. The van der Waals surface area contributed by atoms with Crippen molar-refractivity contribution >= 4 is 21.4 Å². The highest BCUT2D eigenvalue weighted by Gasteiger charge is 2.47. The van der Waals surface area contributed by atoms with E-state index in [1.807, 2.05) is 0 Å². The third kappa shape index (κ3) is 2.59. The van der Waals surface area contributed by atoms with Gasteiger partial charge in [0.1, 0.15) is 0 Å². The Morgan fingerprint density at radius 3 is 2.77 bits per heavy atom. The van der Waals surface area contributed by atoms with Gasteiger partial charge in [-0.2, -0.15) is 4.31 Å². The molecule has 1 aromatic heterocycles. The van der Waals surface area contributed by atoms with Crippen LogP contribution in [0.3, 0.4) is 0 Å². The van der Waals surface area contributed by atoms with Crippen molar-refractivity contribution in [1.82, 2.24) is 14.2 Å². The van der Waals surface area contributed by atoms with E-state index in [1.54, 1.807) is 13.8 Å². The Balaban J connectivity index is 1.91. The molecular weight excluding hydrogens is 326 g/mol. The molecule has 0 radical (unpaired) electrons. The molecule has 0 spiro atoms. The topological polar surface area (TPSA) is 83.0 Å². The van der Waals surface area contributed by atoms with Crippen LogP contribution in [-0.4, -0.2) is 79.3 Å². The number of aromatic nitrogens is 1. The van der Waals surface area contributed by atoms with Gasteiger partial charge in [0.2, 0.25) is 0 Å². The van der Waals surface area contributed by atoms with E-state index in [-0.39, 0.29) is 13.2 Å². The van der Waals surface area contributed by atoms with Crippen molar-refractivity contribution in [3.05, 3.63) is 10.7 Å². The van der Waals surface area contributed by atoms with Crippen LogP contribution in [0, 0.1) is 13.8 Å². The van der Waals surface area contributed by atoms with Crippen molar-refractivity contribution in [3.8, 4) is 0 Å². The Labute approximate surface area is 134 Å². The van der Waals surface area contributed by atoms with Crippen LogP contribution >= 0.6 is 11.3 Å². The Hall–Kier alpha value is -0.580. The highest BCUT2D eigenvalue weighted by molar-refractivity contribution is 7.91. The van der Waals surface area contributed by atoms with Crippen LogP contribution in [0.2, 0.25) is 0 Å². The minimum Gasteiger partial charge on any atom is -0.394 e. The average Bonchev–Trinajstić information content (AvgIpc) is 2.86. The number of aliphatic hydroxyl groups is 1. The van der Waals surface area contributed by atoms with Gasteiger partial charge >= 0.3 is 0 Å². The van der Waals surface area contributed by atoms with Crippen LogP contribution < -0.4 is 0 Å². The molecule has 1 unspecified atom stereocenters. The van der Waals surface area contributed by atoms with Crippen LogP contribution in [0.4, 0.5) is 0 Å². The lowest BCUT2D eigenvalue weighted by molar-refractivity contribution is -0.113. The lowest BCUT2D eigenvalue weighted by Crippen LogP contribution is -2.69. The fourth-order valence-electron chi connectivity index (χ4n) is 3.17. The van der Waals surface area contributed by atoms with Gasteiger partial charge in [0, 0.05) is 26.2 Å². The van der Waals surface area contributed by atoms with Gasteiger partial charge in [-0.15, -0.1) is 11.3 Å². The van der Waals surface area contributed by atoms with E-state index in [2.05, 4.69) is 9.88 Å². The van der Waals surface area contributed by atoms with Crippen LogP contribution in [0.5, 0.6) is 0 Å². The molecule has 0 amide bonds. The van der Waals surface area contributed by atoms with Gasteiger partial charge in [-0.25, -0.2) is 13.4 Å². The number of hydrogen-bond donors (Lipinski definition) is 1. The number of morpholine rings is 1. The fourth-order valence-corrected chi connectivity index (χ4v) is 6.30. The summed E-state index contributed by atoms with van der Waals surface area (Å²) in [6.45, 7) is 6.42. The number of aryl methyl sites for hydroxylation is 2. The number of sulfonamides is 1. The smallest absolute Gasteiger partial charge is 0.254 e. The molecule has 0 saturated carbocycles. The first-order chi connectivity index (χ1) is 10.4. The standard InChI is InChI=1S/C13H21N3O4S2/c1-10-12(21-11(2)14-10)22(18,19)16-4-3-15-5-6-20-9-13(15,7-16)8-17/h17H,3-9H2,1-2H3. The van der Waals surface area contributed by atoms with E-state index in [9.17, 15) is 13.5 Å². The summed E-state index contributed by atoms with van der Waals surface area (Å²) in [5.41, 5.74) is -0.0834. The zero-order valence-corrected chi connectivity index (χ0v) is 14.4. The van der Waals surface area contributed by atoms with Crippen LogP contribution in [0.25, 0.3) is 0 Å². The van der Waals surface area contributed by atoms with E-state index in [0.717, 1.165) is 11.6 Å². The van der Waals surface area contributed by atoms with Crippen molar-refractivity contribution < 1.29 is 18.3 Å². The van der Waals surface area contributed by atoms with E-state index in [4.69, 9.17) is 4.74 Å². The third-order valence-corrected chi connectivity index (χ3v) is 7.87. The molecule has 9 heteroatoms. The summed E-state index contributed by atoms with van der Waals surface area (Å²) in [5.74, 6) is 0. The summed E-state index contributed by atoms with van der Waals surface area (Å²) in [5, 5.41) is 10.6. The van der Waals surface area contributed by atoms with Crippen LogP contribution in [-0.2, 0) is 14.8 Å². The maximum Gasteiger partial charge on any atom is 0.254 e. The summed E-state index contributed by atoms with van der Waals surface area (Å²) >= 11 is 1.20. The van der Waals surface area contributed by atoms with Crippen LogP contribution in [0.15, 0.2) is 4.21 Å². The molecule has 2 aliphatic heterocycles. The maximum atomic E-state index is 12.9. The summed E-state index contributed by atoms with van der Waals surface area (Å²) in [6.07, 6.45) is 0. The fraction of sp³-hybridized carbons (Fsp3) is 0.769. The van der Waals surface area contributed by atoms with Crippen molar-refractivity contribution in [1.29, 1.82) is 0 Å². The summed E-state index contributed by atoms with van der Waals surface area (Å²) < 4.78 is 33.1. The van der Waals surface area contributed by atoms with Gasteiger partial charge in [0.25, 0.3) is 10.0 Å². The number of fused-ring (bicyclic) bond motifs is 1. The number of hydrogen-bond acceptors (Lipinski definition) is 7. The number of aliphatic hydroxyl groups excluding tert-OH is 1. The lowest BCUT2D eigenvalue weighted by atomic mass is 9.95. The van der Waals surface area contributed by atoms with Gasteiger partial charge in [0.15, 0.2) is 4.21 Å². The summed E-state index contributed by atoms with van der Waals surface area (Å²) in [7, 11) is -3.57. The molecule has 2 fully saturated rings. The molecule has 3 heterocycles. The number of piperazine rings is 1. The molecule has 1 atom stereocenters. The monoisotopic (exact) mass is 347 g/mol. The highest BCUT2D eigenvalue weighted by atomic mass is 32.2. The van der Waals surface area contributed by atoms with Gasteiger partial charge in [0.05, 0.1) is 36.1 Å². The normalized spacial score (nSPS) is 27.8. The van der Waals surface area contributed by atoms with E-state index < -0.39 is 15.6 Å². The second kappa shape index (κ2) is 5.81. The van der Waals surface area contributed by atoms with E-state index >= 15 is 0 Å². The Kier molecular flexibility index (Phi) is 4.30. The number of ether oxygens (including phenoxy) is 1. The first-order valence-corrected chi connectivity index (χ1v) is 9.52. The number of thiazole rings is 1. The highest BCUT2D eigenvalue weighted by Crippen LogP contribution is 2.31. The molecule has 1 aromatic rings. The van der Waals surface area contributed by atoms with Crippen molar-refractivity contribution in [2.75, 3.05) is 46.0 Å². The van der Waals surface area contributed by atoms with Crippen molar-refractivity contribution in [2.45, 2.75) is 23.6 Å². The Bertz CT molecular complexity index is 660. The molecule has 0 aromatic carbocycles. The molecule has 124 valence electrons. The lowest BCUT2D eigenvalue weighted by Gasteiger charge is -2.51. The second-order valence-corrected chi connectivity index (χ2v) is 9.20. The minimum atomic E-state index is -3.57. The SMILES string of the molecule is Cc1nc(C)c(S(=O)(=O)N2CCN3CCOCC3(CO)C2)s1. The van der Waals surface area contributed by atoms with Crippen LogP contribution in [0.1, 0.15) is 10.7 Å². The quantitative estimate of drug-likeness (QED) is 0.817. The number of rotatable bonds is 3. The second-order valence-electron chi connectivity index (χ2n) is 5.87. The zero-order valence-electron chi connectivity index (χ0n) is 12.8. The molecule has 2 saturated heterocycles. The van der Waals surface area contributed by atoms with E-state index in [0.29, 0.717) is 36.2 Å². The Morgan fingerprint density at radius 2 is 2.14 bits per heavy atom. The van der Waals surface area contributed by atoms with Gasteiger partial charge in [-0.1, -0.05) is 0 Å². The van der Waals surface area contributed by atoms with Gasteiger partial charge < -0.3 is 9.84 Å². The molecule has 0 aliphatic carbocycles. The third-order valence-electron chi connectivity index (χ3n) is 4.37. The minimum absolute atomic E-state index is 0.111. The molecule has 0 bridgehead atoms. The average molecular weight is 347 g/mol. The predicted octanol–water partition coefficient (Wildman–Crippen LogP) is -0.172. The van der Waals surface area contributed by atoms with Gasteiger partial charge in [-0.05, 0) is 13.8 Å². The van der Waals surface area contributed by atoms with Gasteiger partial charge in [-0.3, -0.25) is 4.90 Å². The first kappa shape index (κ1) is 16.3. The van der Waals surface area contributed by atoms with E-state index in [1.165, 1.54) is 15.6 Å². The molecule has 2 aliphatic rings. The molecule has 7 nitrogen and oxygen atoms in total. The number of nitrogens with zero attached hydrogens (tertiary/aromatic N) is 3. The maximum absolute atomic E-state index is 12.9. The zero-order chi connectivity index (χ0) is 16.0. The molecule has 3 rings (SSSR count). The Morgan fingerprint density at radius 1 is 1.36 bits per heavy atom. The summed E-state index contributed by atoms with van der Waals surface area (Å²) in [4.78, 5) is 6.37. The predicted molar refractivity (Wildman–Crippen MR) is 82.6 cm³/mol. The molecule has 1 N–H and O–H groups in total. The first-order valence-electron chi connectivity index (χ1n) is 7.27. The molecule has 22 heavy (non-hydrogen) atoms. The van der Waals surface area contributed by atoms with Crippen molar-refractivity contribution in [3.63, 3.8) is 0 Å². The largest absolute Gasteiger partial charge is 0.394 e. The molecular formula is C13H21N3O4S2. The van der Waals surface area contributed by atoms with Crippen molar-refractivity contribution in [2.24, 2.45) is 0 Å².